The van der Waals surface area contributed by atoms with Crippen LogP contribution < -0.4 is 24.6 Å². The van der Waals surface area contributed by atoms with Crippen molar-refractivity contribution in [2.24, 2.45) is 0 Å². The highest BCUT2D eigenvalue weighted by Gasteiger charge is 2.54. The van der Waals surface area contributed by atoms with Crippen molar-refractivity contribution >= 4 is 44.8 Å². The molecular formula is C40H39N5O5S. The van der Waals surface area contributed by atoms with Crippen molar-refractivity contribution in [2.45, 2.75) is 38.2 Å². The fourth-order valence-corrected chi connectivity index (χ4v) is 7.63. The number of amides is 1. The van der Waals surface area contributed by atoms with Gasteiger partial charge in [0, 0.05) is 86.1 Å². The smallest absolute Gasteiger partial charge is 0.340 e. The van der Waals surface area contributed by atoms with Crippen molar-refractivity contribution in [1.82, 2.24) is 10.3 Å². The number of carbonyl (C=O) groups is 2. The van der Waals surface area contributed by atoms with Crippen LogP contribution in [0, 0.1) is 18.3 Å². The molecule has 1 spiro atoms. The first-order valence-corrected chi connectivity index (χ1v) is 17.8. The molecule has 0 saturated heterocycles. The lowest BCUT2D eigenvalue weighted by atomic mass is 9.77. The van der Waals surface area contributed by atoms with E-state index in [2.05, 4.69) is 16.4 Å². The topological polar surface area (TPSA) is 117 Å². The normalized spacial score (nSPS) is 13.5. The number of rotatable bonds is 11. The lowest BCUT2D eigenvalue weighted by molar-refractivity contribution is 0.0224. The summed E-state index contributed by atoms with van der Waals surface area (Å²) in [5.41, 5.74) is 5.37. The molecule has 1 amide bonds. The summed E-state index contributed by atoms with van der Waals surface area (Å²) in [5.74, 6) is 1.35. The van der Waals surface area contributed by atoms with Crippen LogP contribution in [0.4, 0.5) is 11.4 Å². The van der Waals surface area contributed by atoms with Gasteiger partial charge in [-0.3, -0.25) is 4.79 Å². The fourth-order valence-electron chi connectivity index (χ4n) is 6.77. The van der Waals surface area contributed by atoms with E-state index < -0.39 is 11.6 Å². The number of hydrogen-bond acceptors (Lipinski definition) is 10. The van der Waals surface area contributed by atoms with Crippen molar-refractivity contribution in [3.8, 4) is 23.3 Å². The number of fused-ring (bicyclic) bond motifs is 7. The van der Waals surface area contributed by atoms with Gasteiger partial charge in [0.05, 0.1) is 22.4 Å². The molecular weight excluding hydrogens is 663 g/mol. The van der Waals surface area contributed by atoms with Gasteiger partial charge in [-0.25, -0.2) is 9.78 Å². The van der Waals surface area contributed by atoms with E-state index in [0.29, 0.717) is 57.5 Å². The fraction of sp³-hybridized carbons (Fsp3) is 0.300. The number of aryl methyl sites for hydroxylation is 1. The largest absolute Gasteiger partial charge is 0.493 e. The highest BCUT2D eigenvalue weighted by Crippen LogP contribution is 2.57. The molecule has 3 heterocycles. The summed E-state index contributed by atoms with van der Waals surface area (Å²) >= 11 is 1.38. The molecule has 10 nitrogen and oxygen atoms in total. The van der Waals surface area contributed by atoms with Gasteiger partial charge in [0.25, 0.3) is 5.91 Å². The van der Waals surface area contributed by atoms with Gasteiger partial charge in [0.2, 0.25) is 0 Å². The summed E-state index contributed by atoms with van der Waals surface area (Å²) in [6.45, 7) is 3.11. The van der Waals surface area contributed by atoms with E-state index in [-0.39, 0.29) is 5.91 Å². The molecule has 0 atom stereocenters. The zero-order valence-electron chi connectivity index (χ0n) is 29.3. The molecule has 5 aromatic rings. The number of nitriles is 1. The molecule has 1 N–H and O–H groups in total. The number of unbranched alkanes of at least 4 members (excludes halogenated alkanes) is 3. The Balaban J connectivity index is 1.02. The molecule has 4 aromatic carbocycles. The Kier molecular flexibility index (Phi) is 9.04. The molecule has 2 aliphatic heterocycles. The number of nitrogens with zero attached hydrogens (tertiary/aromatic N) is 4. The van der Waals surface area contributed by atoms with Crippen molar-refractivity contribution in [2.75, 3.05) is 51.1 Å². The Morgan fingerprint density at radius 1 is 0.902 bits per heavy atom. The van der Waals surface area contributed by atoms with Gasteiger partial charge in [-0.15, -0.1) is 11.3 Å². The molecule has 0 radical (unpaired) electrons. The van der Waals surface area contributed by atoms with E-state index in [9.17, 15) is 9.59 Å². The Labute approximate surface area is 301 Å². The van der Waals surface area contributed by atoms with Crippen LogP contribution in [0.15, 0.2) is 66.7 Å². The van der Waals surface area contributed by atoms with Crippen LogP contribution in [0.5, 0.6) is 17.2 Å². The number of nitrogens with one attached hydrogen (secondary N) is 1. The van der Waals surface area contributed by atoms with Crippen molar-refractivity contribution in [1.29, 1.82) is 5.26 Å². The van der Waals surface area contributed by atoms with Crippen LogP contribution in [0.25, 0.3) is 10.2 Å². The molecule has 1 aromatic heterocycles. The van der Waals surface area contributed by atoms with Crippen molar-refractivity contribution < 1.29 is 23.8 Å². The van der Waals surface area contributed by atoms with Gasteiger partial charge >= 0.3 is 5.97 Å². The van der Waals surface area contributed by atoms with E-state index in [1.54, 1.807) is 18.2 Å². The molecule has 2 aliphatic rings. The SMILES string of the molecule is Cc1c(OCCCCCCNC(=O)c2ccc3c(c2)C2(OC3=O)c3ccc(N(C)C)cc3Oc3cc(N(C)C)ccc32)ccc2nc(C#N)sc12. The Morgan fingerprint density at radius 2 is 1.59 bits per heavy atom. The maximum atomic E-state index is 13.5. The van der Waals surface area contributed by atoms with Gasteiger partial charge in [-0.1, -0.05) is 12.8 Å². The first kappa shape index (κ1) is 33.9. The van der Waals surface area contributed by atoms with Gasteiger partial charge in [-0.2, -0.15) is 5.26 Å². The summed E-state index contributed by atoms with van der Waals surface area (Å²) in [5, 5.41) is 12.7. The number of ether oxygens (including phenoxy) is 3. The summed E-state index contributed by atoms with van der Waals surface area (Å²) < 4.78 is 19.9. The third-order valence-electron chi connectivity index (χ3n) is 9.53. The highest BCUT2D eigenvalue weighted by molar-refractivity contribution is 7.19. The quantitative estimate of drug-likeness (QED) is 0.110. The van der Waals surface area contributed by atoms with Crippen LogP contribution in [-0.4, -0.2) is 58.2 Å². The zero-order chi connectivity index (χ0) is 35.9. The van der Waals surface area contributed by atoms with Gasteiger partial charge in [0.15, 0.2) is 10.6 Å². The molecule has 11 heteroatoms. The van der Waals surface area contributed by atoms with Crippen LogP contribution in [0.2, 0.25) is 0 Å². The first-order chi connectivity index (χ1) is 24.6. The molecule has 7 rings (SSSR count). The van der Waals surface area contributed by atoms with Gasteiger partial charge in [0.1, 0.15) is 23.3 Å². The minimum Gasteiger partial charge on any atom is -0.493 e. The number of esters is 1. The lowest BCUT2D eigenvalue weighted by Gasteiger charge is -2.37. The molecule has 0 bridgehead atoms. The van der Waals surface area contributed by atoms with Crippen LogP contribution in [-0.2, 0) is 10.3 Å². The monoisotopic (exact) mass is 701 g/mol. The molecule has 260 valence electrons. The number of benzene rings is 4. The number of hydrogen-bond donors (Lipinski definition) is 1. The summed E-state index contributed by atoms with van der Waals surface area (Å²) in [6, 6.07) is 22.8. The second-order valence-electron chi connectivity index (χ2n) is 13.3. The van der Waals surface area contributed by atoms with E-state index in [1.807, 2.05) is 93.4 Å². The predicted octanol–water partition coefficient (Wildman–Crippen LogP) is 7.55. The van der Waals surface area contributed by atoms with Crippen LogP contribution >= 0.6 is 11.3 Å². The summed E-state index contributed by atoms with van der Waals surface area (Å²) in [4.78, 5) is 35.2. The highest BCUT2D eigenvalue weighted by atomic mass is 32.1. The average Bonchev–Trinajstić information content (AvgIpc) is 3.69. The molecule has 0 aliphatic carbocycles. The van der Waals surface area contributed by atoms with Crippen molar-refractivity contribution in [3.05, 3.63) is 105 Å². The van der Waals surface area contributed by atoms with E-state index in [0.717, 1.165) is 58.6 Å². The third-order valence-corrected chi connectivity index (χ3v) is 10.6. The minimum absolute atomic E-state index is 0.206. The molecule has 0 saturated carbocycles. The van der Waals surface area contributed by atoms with Crippen LogP contribution in [0.3, 0.4) is 0 Å². The van der Waals surface area contributed by atoms with Crippen LogP contribution in [0.1, 0.15) is 73.7 Å². The summed E-state index contributed by atoms with van der Waals surface area (Å²) in [6.07, 6.45) is 3.61. The number of carbonyl (C=O) groups excluding carboxylic acids is 2. The lowest BCUT2D eigenvalue weighted by Crippen LogP contribution is -2.33. The third kappa shape index (κ3) is 6.10. The second-order valence-corrected chi connectivity index (χ2v) is 14.3. The van der Waals surface area contributed by atoms with E-state index in [4.69, 9.17) is 19.5 Å². The zero-order valence-corrected chi connectivity index (χ0v) is 30.1. The first-order valence-electron chi connectivity index (χ1n) is 17.0. The predicted molar refractivity (Wildman–Crippen MR) is 199 cm³/mol. The average molecular weight is 702 g/mol. The number of thiazole rings is 1. The van der Waals surface area contributed by atoms with Gasteiger partial charge in [-0.05, 0) is 74.4 Å². The maximum Gasteiger partial charge on any atom is 0.340 e. The Hall–Kier alpha value is -5.60. The van der Waals surface area contributed by atoms with Crippen molar-refractivity contribution in [3.63, 3.8) is 0 Å². The summed E-state index contributed by atoms with van der Waals surface area (Å²) in [7, 11) is 7.85. The maximum absolute atomic E-state index is 13.5. The van der Waals surface area contributed by atoms with E-state index >= 15 is 0 Å². The Morgan fingerprint density at radius 3 is 2.25 bits per heavy atom. The molecule has 0 fully saturated rings. The molecule has 0 unspecified atom stereocenters. The number of aromatic nitrogens is 1. The number of anilines is 2. The standard InChI is InChI=1S/C40H39N5O5S/c1-24-33(17-16-32-37(24)51-36(23-41)43-32)48-19-9-7-6-8-18-42-38(46)25-10-13-28-31(20-25)40(50-39(28)47)29-14-11-26(44(2)3)21-34(29)49-35-22-27(45(4)5)12-15-30(35)40/h10-17,20-22H,6-9,18-19H2,1-5H3,(H,42,46). The minimum atomic E-state index is -1.27. The Bertz CT molecular complexity index is 2160. The second kappa shape index (κ2) is 13.6. The van der Waals surface area contributed by atoms with Gasteiger partial charge < -0.3 is 29.3 Å². The van der Waals surface area contributed by atoms with E-state index in [1.165, 1.54) is 11.3 Å². The molecule has 51 heavy (non-hydrogen) atoms.